The molecule has 0 saturated carbocycles. The molecule has 2 N–H and O–H groups in total. The first kappa shape index (κ1) is 27.9. The molecule has 2 amide bonds. The number of rotatable bonds is 20. The highest BCUT2D eigenvalue weighted by atomic mass is 33.1. The van der Waals surface area contributed by atoms with E-state index in [4.69, 9.17) is 0 Å². The molecule has 28 heavy (non-hydrogen) atoms. The van der Waals surface area contributed by atoms with Crippen molar-refractivity contribution in [2.75, 3.05) is 56.7 Å². The standard InChI is InChI=1S/C20H41N3O2S3/c1-4-5-6-7-8-9-14-23(15-10-19(24)21-12-17-26-2)16-11-20(25)22-13-18-28-27-3/h4-18H2,1-3H3,(H,21,24)(H,22,25). The van der Waals surface area contributed by atoms with Crippen LogP contribution in [0.2, 0.25) is 0 Å². The largest absolute Gasteiger partial charge is 0.355 e. The Morgan fingerprint density at radius 3 is 1.93 bits per heavy atom. The number of unbranched alkanes of at least 4 members (excludes halogenated alkanes) is 5. The molecule has 0 aromatic heterocycles. The van der Waals surface area contributed by atoms with Gasteiger partial charge in [-0.3, -0.25) is 9.59 Å². The summed E-state index contributed by atoms with van der Waals surface area (Å²) in [6.45, 7) is 6.12. The molecular formula is C20H41N3O2S3. The summed E-state index contributed by atoms with van der Waals surface area (Å²) in [6.07, 6.45) is 12.7. The van der Waals surface area contributed by atoms with E-state index >= 15 is 0 Å². The molecule has 166 valence electrons. The Labute approximate surface area is 185 Å². The molecule has 0 aliphatic rings. The van der Waals surface area contributed by atoms with Crippen LogP contribution in [0.5, 0.6) is 0 Å². The van der Waals surface area contributed by atoms with Crippen molar-refractivity contribution in [1.29, 1.82) is 0 Å². The van der Waals surface area contributed by atoms with Gasteiger partial charge in [0.15, 0.2) is 0 Å². The molecule has 0 fully saturated rings. The molecule has 0 aromatic rings. The molecule has 5 nitrogen and oxygen atoms in total. The van der Waals surface area contributed by atoms with Gasteiger partial charge in [0.2, 0.25) is 11.8 Å². The number of hydrogen-bond acceptors (Lipinski definition) is 6. The summed E-state index contributed by atoms with van der Waals surface area (Å²) in [6, 6.07) is 0. The van der Waals surface area contributed by atoms with Gasteiger partial charge in [-0.05, 0) is 25.5 Å². The van der Waals surface area contributed by atoms with Crippen molar-refractivity contribution in [1.82, 2.24) is 15.5 Å². The Morgan fingerprint density at radius 2 is 1.36 bits per heavy atom. The van der Waals surface area contributed by atoms with Gasteiger partial charge in [0.1, 0.15) is 0 Å². The summed E-state index contributed by atoms with van der Waals surface area (Å²) in [5, 5.41) is 5.95. The quantitative estimate of drug-likeness (QED) is 0.215. The topological polar surface area (TPSA) is 61.4 Å². The zero-order valence-corrected chi connectivity index (χ0v) is 20.5. The normalized spacial score (nSPS) is 11.0. The van der Waals surface area contributed by atoms with Gasteiger partial charge in [-0.25, -0.2) is 0 Å². The van der Waals surface area contributed by atoms with Crippen LogP contribution in [-0.2, 0) is 9.59 Å². The Kier molecular flexibility index (Phi) is 21.6. The van der Waals surface area contributed by atoms with E-state index in [0.29, 0.717) is 12.8 Å². The minimum atomic E-state index is 0.110. The fourth-order valence-corrected chi connectivity index (χ4v) is 4.16. The zero-order valence-electron chi connectivity index (χ0n) is 18.1. The average Bonchev–Trinajstić information content (AvgIpc) is 2.69. The van der Waals surface area contributed by atoms with Crippen LogP contribution in [0.4, 0.5) is 0 Å². The third-order valence-electron chi connectivity index (χ3n) is 4.39. The molecule has 0 bridgehead atoms. The molecule has 0 saturated heterocycles. The first-order valence-electron chi connectivity index (χ1n) is 10.5. The van der Waals surface area contributed by atoms with E-state index in [1.165, 1.54) is 32.1 Å². The van der Waals surface area contributed by atoms with Crippen molar-refractivity contribution in [2.45, 2.75) is 58.3 Å². The second-order valence-corrected chi connectivity index (χ2v) is 10.5. The van der Waals surface area contributed by atoms with Crippen LogP contribution in [-0.4, -0.2) is 73.5 Å². The summed E-state index contributed by atoms with van der Waals surface area (Å²) in [5.41, 5.74) is 0. The first-order chi connectivity index (χ1) is 13.6. The minimum Gasteiger partial charge on any atom is -0.355 e. The molecule has 8 heteroatoms. The maximum atomic E-state index is 12.0. The number of carbonyl (C=O) groups excluding carboxylic acids is 2. The molecule has 0 atom stereocenters. The zero-order chi connectivity index (χ0) is 20.9. The second kappa shape index (κ2) is 21.7. The number of hydrogen-bond donors (Lipinski definition) is 2. The van der Waals surface area contributed by atoms with Crippen molar-refractivity contribution in [3.05, 3.63) is 0 Å². The van der Waals surface area contributed by atoms with E-state index in [-0.39, 0.29) is 11.8 Å². The van der Waals surface area contributed by atoms with E-state index in [0.717, 1.165) is 50.7 Å². The van der Waals surface area contributed by atoms with Crippen molar-refractivity contribution in [3.8, 4) is 0 Å². The van der Waals surface area contributed by atoms with E-state index < -0.39 is 0 Å². The van der Waals surface area contributed by atoms with Crippen LogP contribution in [0.1, 0.15) is 58.3 Å². The lowest BCUT2D eigenvalue weighted by Gasteiger charge is -2.22. The van der Waals surface area contributed by atoms with Gasteiger partial charge in [0.25, 0.3) is 0 Å². The van der Waals surface area contributed by atoms with E-state index in [1.54, 1.807) is 33.3 Å². The summed E-state index contributed by atoms with van der Waals surface area (Å²) >= 11 is 1.74. The summed E-state index contributed by atoms with van der Waals surface area (Å²) in [7, 11) is 3.48. The first-order valence-corrected chi connectivity index (χ1v) is 14.7. The predicted molar refractivity (Wildman–Crippen MR) is 129 cm³/mol. The highest BCUT2D eigenvalue weighted by Crippen LogP contribution is 2.14. The second-order valence-electron chi connectivity index (χ2n) is 6.79. The maximum absolute atomic E-state index is 12.0. The van der Waals surface area contributed by atoms with Crippen molar-refractivity contribution >= 4 is 45.2 Å². The minimum absolute atomic E-state index is 0.110. The van der Waals surface area contributed by atoms with Gasteiger partial charge in [-0.2, -0.15) is 11.8 Å². The number of amides is 2. The maximum Gasteiger partial charge on any atom is 0.221 e. The number of carbonyl (C=O) groups is 2. The van der Waals surface area contributed by atoms with E-state index in [2.05, 4.69) is 22.5 Å². The summed E-state index contributed by atoms with van der Waals surface area (Å²) < 4.78 is 0. The SMILES string of the molecule is CCCCCCCCN(CCC(=O)NCCSC)CCC(=O)NCCSSC. The predicted octanol–water partition coefficient (Wildman–Crippen LogP) is 4.04. The Morgan fingerprint density at radius 1 is 0.786 bits per heavy atom. The lowest BCUT2D eigenvalue weighted by atomic mass is 10.1. The molecule has 0 spiro atoms. The van der Waals surface area contributed by atoms with Crippen molar-refractivity contribution < 1.29 is 9.59 Å². The lowest BCUT2D eigenvalue weighted by Crippen LogP contribution is -2.35. The Balaban J connectivity index is 4.15. The van der Waals surface area contributed by atoms with Gasteiger partial charge in [-0.1, -0.05) is 60.6 Å². The smallest absolute Gasteiger partial charge is 0.221 e. The van der Waals surface area contributed by atoms with Crippen LogP contribution in [0.25, 0.3) is 0 Å². The molecule has 0 aliphatic heterocycles. The van der Waals surface area contributed by atoms with Crippen LogP contribution in [0, 0.1) is 0 Å². The number of thioether (sulfide) groups is 1. The van der Waals surface area contributed by atoms with Crippen LogP contribution >= 0.6 is 33.3 Å². The van der Waals surface area contributed by atoms with Gasteiger partial charge in [0.05, 0.1) is 0 Å². The third kappa shape index (κ3) is 19.3. The van der Waals surface area contributed by atoms with Crippen molar-refractivity contribution in [2.24, 2.45) is 0 Å². The van der Waals surface area contributed by atoms with Gasteiger partial charge in [-0.15, -0.1) is 0 Å². The van der Waals surface area contributed by atoms with Gasteiger partial charge >= 0.3 is 0 Å². The molecule has 0 radical (unpaired) electrons. The molecule has 0 aliphatic carbocycles. The molecule has 0 aromatic carbocycles. The lowest BCUT2D eigenvalue weighted by molar-refractivity contribution is -0.121. The number of nitrogens with zero attached hydrogens (tertiary/aromatic N) is 1. The highest BCUT2D eigenvalue weighted by molar-refractivity contribution is 8.76. The van der Waals surface area contributed by atoms with Crippen LogP contribution in [0.15, 0.2) is 0 Å². The highest BCUT2D eigenvalue weighted by Gasteiger charge is 2.10. The van der Waals surface area contributed by atoms with Crippen LogP contribution < -0.4 is 10.6 Å². The Bertz CT molecular complexity index is 388. The third-order valence-corrected chi connectivity index (χ3v) is 6.82. The van der Waals surface area contributed by atoms with Gasteiger partial charge in [0, 0.05) is 50.5 Å². The fourth-order valence-electron chi connectivity index (χ4n) is 2.76. The molecule has 0 heterocycles. The molecular weight excluding hydrogens is 410 g/mol. The Hall–Kier alpha value is -0.0500. The summed E-state index contributed by atoms with van der Waals surface area (Å²) in [5.74, 6) is 2.10. The van der Waals surface area contributed by atoms with Crippen molar-refractivity contribution in [3.63, 3.8) is 0 Å². The van der Waals surface area contributed by atoms with E-state index in [9.17, 15) is 9.59 Å². The van der Waals surface area contributed by atoms with Gasteiger partial charge < -0.3 is 15.5 Å². The molecule has 0 rings (SSSR count). The summed E-state index contributed by atoms with van der Waals surface area (Å²) in [4.78, 5) is 26.3. The fraction of sp³-hybridized carbons (Fsp3) is 0.900. The van der Waals surface area contributed by atoms with Crippen LogP contribution in [0.3, 0.4) is 0 Å². The monoisotopic (exact) mass is 451 g/mol. The number of nitrogens with one attached hydrogen (secondary N) is 2. The average molecular weight is 452 g/mol. The van der Waals surface area contributed by atoms with E-state index in [1.807, 2.05) is 12.5 Å². The molecule has 0 unspecified atom stereocenters.